The molecule has 4 N–H and O–H groups in total. The van der Waals surface area contributed by atoms with E-state index in [1.807, 2.05) is 0 Å². The van der Waals surface area contributed by atoms with Gasteiger partial charge in [-0.25, -0.2) is 13.4 Å². The minimum Gasteiger partial charge on any atom is -0.409 e. The second-order valence-electron chi connectivity index (χ2n) is 4.37. The second-order valence-corrected chi connectivity index (χ2v) is 6.03. The van der Waals surface area contributed by atoms with Gasteiger partial charge in [-0.05, 0) is 5.56 Å². The lowest BCUT2D eigenvalue weighted by molar-refractivity contribution is 0.315. The third-order valence-corrected chi connectivity index (χ3v) is 4.08. The van der Waals surface area contributed by atoms with Gasteiger partial charge < -0.3 is 15.5 Å². The molecule has 112 valence electrons. The standard InChI is InChI=1S/C12H15N5O3S/c1-17-7-10(14-8-17)21(19,20)16-11(12(13)15-18)9-5-3-2-4-6-9/h2-8,11,16,18H,1H3,(H2,13,15). The number of hydrogen-bond donors (Lipinski definition) is 3. The Morgan fingerprint density at radius 3 is 2.62 bits per heavy atom. The molecule has 0 spiro atoms. The van der Waals surface area contributed by atoms with Crippen molar-refractivity contribution in [2.45, 2.75) is 11.1 Å². The number of benzene rings is 1. The van der Waals surface area contributed by atoms with Crippen LogP contribution in [0.3, 0.4) is 0 Å². The molecular weight excluding hydrogens is 294 g/mol. The Morgan fingerprint density at radius 2 is 2.10 bits per heavy atom. The number of sulfonamides is 1. The van der Waals surface area contributed by atoms with Crippen LogP contribution in [-0.2, 0) is 17.1 Å². The van der Waals surface area contributed by atoms with Crippen LogP contribution in [0.1, 0.15) is 11.6 Å². The fraction of sp³-hybridized carbons (Fsp3) is 0.167. The van der Waals surface area contributed by atoms with E-state index in [-0.39, 0.29) is 10.9 Å². The Kier molecular flexibility index (Phi) is 4.24. The largest absolute Gasteiger partial charge is 0.409 e. The molecule has 2 aromatic rings. The van der Waals surface area contributed by atoms with Crippen LogP contribution in [0.2, 0.25) is 0 Å². The number of nitrogens with zero attached hydrogens (tertiary/aromatic N) is 3. The maximum Gasteiger partial charge on any atom is 0.260 e. The van der Waals surface area contributed by atoms with E-state index in [0.29, 0.717) is 5.56 Å². The molecule has 21 heavy (non-hydrogen) atoms. The number of oxime groups is 1. The lowest BCUT2D eigenvalue weighted by Gasteiger charge is -2.17. The number of aromatic nitrogens is 2. The zero-order valence-corrected chi connectivity index (χ0v) is 12.0. The predicted octanol–water partition coefficient (Wildman–Crippen LogP) is 0.186. The highest BCUT2D eigenvalue weighted by atomic mass is 32.2. The minimum absolute atomic E-state index is 0.142. The minimum atomic E-state index is -3.90. The summed E-state index contributed by atoms with van der Waals surface area (Å²) in [5, 5.41) is 11.6. The highest BCUT2D eigenvalue weighted by Gasteiger charge is 2.26. The van der Waals surface area contributed by atoms with Gasteiger partial charge in [0.25, 0.3) is 10.0 Å². The van der Waals surface area contributed by atoms with Crippen molar-refractivity contribution in [1.82, 2.24) is 14.3 Å². The van der Waals surface area contributed by atoms with Gasteiger partial charge in [0.05, 0.1) is 6.33 Å². The lowest BCUT2D eigenvalue weighted by Crippen LogP contribution is -2.37. The molecule has 0 aliphatic carbocycles. The van der Waals surface area contributed by atoms with Crippen molar-refractivity contribution < 1.29 is 13.6 Å². The topological polar surface area (TPSA) is 123 Å². The Labute approximate surface area is 122 Å². The lowest BCUT2D eigenvalue weighted by atomic mass is 10.1. The van der Waals surface area contributed by atoms with E-state index in [4.69, 9.17) is 10.9 Å². The number of rotatable bonds is 5. The number of nitrogens with one attached hydrogen (secondary N) is 1. The zero-order chi connectivity index (χ0) is 15.5. The molecule has 1 atom stereocenters. The molecule has 0 fully saturated rings. The van der Waals surface area contributed by atoms with Crippen LogP contribution in [0.5, 0.6) is 0 Å². The van der Waals surface area contributed by atoms with Crippen LogP contribution < -0.4 is 10.5 Å². The van der Waals surface area contributed by atoms with Gasteiger partial charge in [-0.2, -0.15) is 4.72 Å². The third-order valence-electron chi connectivity index (χ3n) is 2.77. The SMILES string of the molecule is Cn1cnc(S(=O)(=O)NC(C(N)=NO)c2ccccc2)c1. The molecule has 0 bridgehead atoms. The van der Waals surface area contributed by atoms with E-state index in [1.54, 1.807) is 37.4 Å². The number of amidine groups is 1. The summed E-state index contributed by atoms with van der Waals surface area (Å²) in [5.41, 5.74) is 6.14. The molecule has 0 amide bonds. The molecule has 8 nitrogen and oxygen atoms in total. The van der Waals surface area contributed by atoms with Crippen LogP contribution in [0.4, 0.5) is 0 Å². The smallest absolute Gasteiger partial charge is 0.260 e. The van der Waals surface area contributed by atoms with Gasteiger partial charge in [-0.15, -0.1) is 0 Å². The first-order valence-corrected chi connectivity index (χ1v) is 7.45. The average Bonchev–Trinajstić information content (AvgIpc) is 2.92. The van der Waals surface area contributed by atoms with Gasteiger partial charge in [0.2, 0.25) is 0 Å². The summed E-state index contributed by atoms with van der Waals surface area (Å²) in [4.78, 5) is 3.79. The van der Waals surface area contributed by atoms with Gasteiger partial charge in [-0.1, -0.05) is 35.5 Å². The molecule has 0 saturated carbocycles. The second kappa shape index (κ2) is 5.94. The first-order chi connectivity index (χ1) is 9.94. The molecule has 1 aromatic carbocycles. The molecule has 0 saturated heterocycles. The Hall–Kier alpha value is -2.39. The number of aryl methyl sites for hydroxylation is 1. The third kappa shape index (κ3) is 3.38. The summed E-state index contributed by atoms with van der Waals surface area (Å²) < 4.78 is 28.4. The predicted molar refractivity (Wildman–Crippen MR) is 76.1 cm³/mol. The molecule has 1 unspecified atom stereocenters. The first kappa shape index (κ1) is 15.0. The van der Waals surface area contributed by atoms with Crippen molar-refractivity contribution >= 4 is 15.9 Å². The zero-order valence-electron chi connectivity index (χ0n) is 11.2. The van der Waals surface area contributed by atoms with Crippen LogP contribution in [0.25, 0.3) is 0 Å². The van der Waals surface area contributed by atoms with E-state index in [0.717, 1.165) is 0 Å². The molecular formula is C12H15N5O3S. The van der Waals surface area contributed by atoms with Crippen molar-refractivity contribution in [3.63, 3.8) is 0 Å². The molecule has 0 radical (unpaired) electrons. The van der Waals surface area contributed by atoms with Gasteiger partial charge in [0, 0.05) is 13.2 Å². The Balaban J connectivity index is 2.36. The molecule has 0 aliphatic rings. The summed E-state index contributed by atoms with van der Waals surface area (Å²) in [6.07, 6.45) is 2.73. The fourth-order valence-electron chi connectivity index (χ4n) is 1.75. The summed E-state index contributed by atoms with van der Waals surface area (Å²) in [5.74, 6) is -0.263. The van der Waals surface area contributed by atoms with E-state index in [9.17, 15) is 8.42 Å². The molecule has 1 aromatic heterocycles. The van der Waals surface area contributed by atoms with Crippen molar-refractivity contribution in [1.29, 1.82) is 0 Å². The summed E-state index contributed by atoms with van der Waals surface area (Å²) in [6, 6.07) is 7.58. The fourth-order valence-corrected chi connectivity index (χ4v) is 2.92. The normalized spacial score (nSPS) is 14.0. The van der Waals surface area contributed by atoms with E-state index in [1.165, 1.54) is 17.1 Å². The number of nitrogens with two attached hydrogens (primary N) is 1. The van der Waals surface area contributed by atoms with Crippen LogP contribution >= 0.6 is 0 Å². The Morgan fingerprint density at radius 1 is 1.43 bits per heavy atom. The van der Waals surface area contributed by atoms with Crippen molar-refractivity contribution in [3.05, 3.63) is 48.4 Å². The van der Waals surface area contributed by atoms with Crippen molar-refractivity contribution in [2.24, 2.45) is 17.9 Å². The summed E-state index contributed by atoms with van der Waals surface area (Å²) in [7, 11) is -2.24. The highest BCUT2D eigenvalue weighted by Crippen LogP contribution is 2.16. The van der Waals surface area contributed by atoms with Crippen molar-refractivity contribution in [3.8, 4) is 0 Å². The van der Waals surface area contributed by atoms with Gasteiger partial charge >= 0.3 is 0 Å². The maximum absolute atomic E-state index is 12.3. The van der Waals surface area contributed by atoms with E-state index >= 15 is 0 Å². The number of imidazole rings is 1. The first-order valence-electron chi connectivity index (χ1n) is 5.96. The van der Waals surface area contributed by atoms with E-state index < -0.39 is 16.1 Å². The van der Waals surface area contributed by atoms with Crippen molar-refractivity contribution in [2.75, 3.05) is 0 Å². The molecule has 2 rings (SSSR count). The quantitative estimate of drug-likeness (QED) is 0.315. The molecule has 9 heteroatoms. The summed E-state index contributed by atoms with van der Waals surface area (Å²) >= 11 is 0. The average molecular weight is 309 g/mol. The van der Waals surface area contributed by atoms with Crippen LogP contribution in [0, 0.1) is 0 Å². The van der Waals surface area contributed by atoms with Gasteiger partial charge in [-0.3, -0.25) is 0 Å². The maximum atomic E-state index is 12.3. The van der Waals surface area contributed by atoms with Gasteiger partial charge in [0.15, 0.2) is 10.9 Å². The molecule has 0 aliphatic heterocycles. The number of hydrogen-bond acceptors (Lipinski definition) is 5. The monoisotopic (exact) mass is 309 g/mol. The van der Waals surface area contributed by atoms with Crippen LogP contribution in [-0.4, -0.2) is 29.0 Å². The van der Waals surface area contributed by atoms with Gasteiger partial charge in [0.1, 0.15) is 6.04 Å². The molecule has 1 heterocycles. The summed E-state index contributed by atoms with van der Waals surface area (Å²) in [6.45, 7) is 0. The Bertz CT molecular complexity index is 739. The van der Waals surface area contributed by atoms with Crippen LogP contribution in [0.15, 0.2) is 53.0 Å². The van der Waals surface area contributed by atoms with E-state index in [2.05, 4.69) is 14.9 Å². The highest BCUT2D eigenvalue weighted by molar-refractivity contribution is 7.89.